The van der Waals surface area contributed by atoms with Crippen LogP contribution >= 0.6 is 0 Å². The highest BCUT2D eigenvalue weighted by Gasteiger charge is 2.22. The Morgan fingerprint density at radius 3 is 3.17 bits per heavy atom. The molecule has 1 aromatic rings. The summed E-state index contributed by atoms with van der Waals surface area (Å²) in [5, 5.41) is 2.70. The van der Waals surface area contributed by atoms with Crippen LogP contribution in [0.3, 0.4) is 0 Å². The number of aryl methyl sites for hydroxylation is 1. The first kappa shape index (κ1) is 7.34. The third kappa shape index (κ3) is 0.995. The highest BCUT2D eigenvalue weighted by atomic mass is 16.4. The number of carbonyl (C=O) groups is 1. The number of aromatic nitrogens is 1. The van der Waals surface area contributed by atoms with Gasteiger partial charge in [-0.25, -0.2) is 4.98 Å². The molecule has 0 radical (unpaired) electrons. The van der Waals surface area contributed by atoms with Crippen molar-refractivity contribution in [1.82, 2.24) is 10.3 Å². The van der Waals surface area contributed by atoms with Gasteiger partial charge in [-0.05, 0) is 0 Å². The van der Waals surface area contributed by atoms with E-state index in [4.69, 9.17) is 4.42 Å². The van der Waals surface area contributed by atoms with Gasteiger partial charge in [0, 0.05) is 19.4 Å². The first-order chi connectivity index (χ1) is 5.81. The second kappa shape index (κ2) is 2.62. The lowest BCUT2D eigenvalue weighted by Crippen LogP contribution is -2.31. The van der Waals surface area contributed by atoms with Gasteiger partial charge in [-0.3, -0.25) is 4.79 Å². The van der Waals surface area contributed by atoms with Gasteiger partial charge in [0.15, 0.2) is 5.89 Å². The molecular weight excluding hydrogens is 156 g/mol. The molecule has 4 nitrogen and oxygen atoms in total. The van der Waals surface area contributed by atoms with Crippen molar-refractivity contribution in [2.24, 2.45) is 0 Å². The van der Waals surface area contributed by atoms with Crippen LogP contribution in [-0.2, 0) is 12.8 Å². The molecule has 12 heavy (non-hydrogen) atoms. The van der Waals surface area contributed by atoms with E-state index in [1.807, 2.05) is 6.92 Å². The SMILES string of the molecule is CCc1nc2c(o1)C(=O)NCC2. The topological polar surface area (TPSA) is 55.1 Å². The second-order valence-corrected chi connectivity index (χ2v) is 2.74. The van der Waals surface area contributed by atoms with Crippen LogP contribution < -0.4 is 5.32 Å². The van der Waals surface area contributed by atoms with Crippen molar-refractivity contribution in [1.29, 1.82) is 0 Å². The normalized spacial score (nSPS) is 15.6. The fraction of sp³-hybridized carbons (Fsp3) is 0.500. The number of nitrogens with one attached hydrogen (secondary N) is 1. The lowest BCUT2D eigenvalue weighted by molar-refractivity contribution is 0.0915. The number of fused-ring (bicyclic) bond motifs is 1. The molecule has 1 N–H and O–H groups in total. The number of oxazole rings is 1. The third-order valence-corrected chi connectivity index (χ3v) is 1.90. The van der Waals surface area contributed by atoms with E-state index in [0.717, 1.165) is 18.5 Å². The Morgan fingerprint density at radius 1 is 1.67 bits per heavy atom. The summed E-state index contributed by atoms with van der Waals surface area (Å²) in [7, 11) is 0. The van der Waals surface area contributed by atoms with E-state index in [1.54, 1.807) is 0 Å². The van der Waals surface area contributed by atoms with Crippen molar-refractivity contribution < 1.29 is 9.21 Å². The summed E-state index contributed by atoms with van der Waals surface area (Å²) < 4.78 is 5.24. The van der Waals surface area contributed by atoms with Crippen molar-refractivity contribution in [2.45, 2.75) is 19.8 Å². The number of hydrogen-bond donors (Lipinski definition) is 1. The Hall–Kier alpha value is -1.32. The summed E-state index contributed by atoms with van der Waals surface area (Å²) >= 11 is 0. The van der Waals surface area contributed by atoms with Crippen LogP contribution in [0, 0.1) is 0 Å². The zero-order valence-electron chi connectivity index (χ0n) is 6.89. The van der Waals surface area contributed by atoms with Crippen LogP contribution in [0.2, 0.25) is 0 Å². The molecule has 0 aliphatic carbocycles. The molecular formula is C8H10N2O2. The molecule has 0 spiro atoms. The molecule has 2 rings (SSSR count). The molecule has 1 aromatic heterocycles. The van der Waals surface area contributed by atoms with E-state index in [0.29, 0.717) is 18.2 Å². The second-order valence-electron chi connectivity index (χ2n) is 2.74. The predicted octanol–water partition coefficient (Wildman–Crippen LogP) is 0.523. The highest BCUT2D eigenvalue weighted by molar-refractivity contribution is 5.93. The van der Waals surface area contributed by atoms with Gasteiger partial charge in [0.1, 0.15) is 0 Å². The van der Waals surface area contributed by atoms with E-state index in [9.17, 15) is 4.79 Å². The first-order valence-corrected chi connectivity index (χ1v) is 4.08. The van der Waals surface area contributed by atoms with Crippen LogP contribution in [0.25, 0.3) is 0 Å². The van der Waals surface area contributed by atoms with Crippen LogP contribution in [0.4, 0.5) is 0 Å². The Labute approximate surface area is 70.0 Å². The van der Waals surface area contributed by atoms with Crippen LogP contribution in [0.1, 0.15) is 29.1 Å². The van der Waals surface area contributed by atoms with Gasteiger partial charge in [-0.15, -0.1) is 0 Å². The Bertz CT molecular complexity index is 317. The van der Waals surface area contributed by atoms with Crippen molar-refractivity contribution >= 4 is 5.91 Å². The number of rotatable bonds is 1. The fourth-order valence-corrected chi connectivity index (χ4v) is 1.27. The molecule has 1 amide bonds. The summed E-state index contributed by atoms with van der Waals surface area (Å²) in [6.45, 7) is 2.62. The van der Waals surface area contributed by atoms with Crippen molar-refractivity contribution in [2.75, 3.05) is 6.54 Å². The number of hydrogen-bond acceptors (Lipinski definition) is 3. The monoisotopic (exact) mass is 166 g/mol. The summed E-state index contributed by atoms with van der Waals surface area (Å²) in [6.07, 6.45) is 1.52. The minimum atomic E-state index is -0.136. The lowest BCUT2D eigenvalue weighted by Gasteiger charge is -2.07. The van der Waals surface area contributed by atoms with Crippen LogP contribution in [0.15, 0.2) is 4.42 Å². The molecule has 64 valence electrons. The smallest absolute Gasteiger partial charge is 0.289 e. The summed E-state index contributed by atoms with van der Waals surface area (Å²) in [5.41, 5.74) is 0.801. The van der Waals surface area contributed by atoms with Gasteiger partial charge in [-0.2, -0.15) is 0 Å². The van der Waals surface area contributed by atoms with Crippen LogP contribution in [0.5, 0.6) is 0 Å². The van der Waals surface area contributed by atoms with E-state index < -0.39 is 0 Å². The summed E-state index contributed by atoms with van der Waals surface area (Å²) in [4.78, 5) is 15.4. The van der Waals surface area contributed by atoms with Gasteiger partial charge in [0.2, 0.25) is 5.76 Å². The summed E-state index contributed by atoms with van der Waals surface area (Å²) in [6, 6.07) is 0. The Morgan fingerprint density at radius 2 is 2.50 bits per heavy atom. The fourth-order valence-electron chi connectivity index (χ4n) is 1.27. The zero-order valence-corrected chi connectivity index (χ0v) is 6.89. The highest BCUT2D eigenvalue weighted by Crippen LogP contribution is 2.14. The molecule has 0 fully saturated rings. The molecule has 4 heteroatoms. The molecule has 0 unspecified atom stereocenters. The van der Waals surface area contributed by atoms with Gasteiger partial charge in [0.25, 0.3) is 5.91 Å². The maximum Gasteiger partial charge on any atom is 0.289 e. The molecule has 0 saturated carbocycles. The van der Waals surface area contributed by atoms with Gasteiger partial charge >= 0.3 is 0 Å². The quantitative estimate of drug-likeness (QED) is 0.661. The molecule has 1 aliphatic heterocycles. The van der Waals surface area contributed by atoms with Crippen molar-refractivity contribution in [3.63, 3.8) is 0 Å². The zero-order chi connectivity index (χ0) is 8.55. The number of carbonyl (C=O) groups excluding carboxylic acids is 1. The third-order valence-electron chi connectivity index (χ3n) is 1.90. The van der Waals surface area contributed by atoms with Crippen LogP contribution in [-0.4, -0.2) is 17.4 Å². The summed E-state index contributed by atoms with van der Waals surface area (Å²) in [5.74, 6) is 0.915. The maximum absolute atomic E-state index is 11.2. The average Bonchev–Trinajstić information content (AvgIpc) is 2.49. The van der Waals surface area contributed by atoms with Gasteiger partial charge in [0.05, 0.1) is 5.69 Å². The van der Waals surface area contributed by atoms with Crippen molar-refractivity contribution in [3.05, 3.63) is 17.3 Å². The molecule has 2 heterocycles. The standard InChI is InChI=1S/C8H10N2O2/c1-2-6-10-5-3-4-9-8(11)7(5)12-6/h2-4H2,1H3,(H,9,11). The Balaban J connectivity index is 2.43. The number of amides is 1. The molecule has 1 aliphatic rings. The molecule has 0 saturated heterocycles. The Kier molecular flexibility index (Phi) is 1.60. The van der Waals surface area contributed by atoms with E-state index in [1.165, 1.54) is 0 Å². The molecule has 0 bridgehead atoms. The molecule has 0 atom stereocenters. The minimum Gasteiger partial charge on any atom is -0.435 e. The maximum atomic E-state index is 11.2. The molecule has 0 aromatic carbocycles. The average molecular weight is 166 g/mol. The predicted molar refractivity (Wildman–Crippen MR) is 41.9 cm³/mol. The first-order valence-electron chi connectivity index (χ1n) is 4.08. The van der Waals surface area contributed by atoms with Crippen molar-refractivity contribution in [3.8, 4) is 0 Å². The number of nitrogens with zero attached hydrogens (tertiary/aromatic N) is 1. The van der Waals surface area contributed by atoms with Gasteiger partial charge < -0.3 is 9.73 Å². The lowest BCUT2D eigenvalue weighted by atomic mass is 10.2. The van der Waals surface area contributed by atoms with Gasteiger partial charge in [-0.1, -0.05) is 6.92 Å². The largest absolute Gasteiger partial charge is 0.435 e. The van der Waals surface area contributed by atoms with E-state index in [2.05, 4.69) is 10.3 Å². The van der Waals surface area contributed by atoms with E-state index >= 15 is 0 Å². The van der Waals surface area contributed by atoms with E-state index in [-0.39, 0.29) is 5.91 Å². The minimum absolute atomic E-state index is 0.136.